The van der Waals surface area contributed by atoms with Crippen molar-refractivity contribution in [2.75, 3.05) is 19.7 Å². The van der Waals surface area contributed by atoms with Crippen LogP contribution in [0.4, 0.5) is 0 Å². The number of aromatic nitrogens is 1. The van der Waals surface area contributed by atoms with Gasteiger partial charge in [0.2, 0.25) is 0 Å². The highest BCUT2D eigenvalue weighted by atomic mass is 79.9. The minimum Gasteiger partial charge on any atom is -0.492 e. The van der Waals surface area contributed by atoms with Crippen molar-refractivity contribution in [1.82, 2.24) is 9.88 Å². The molecule has 0 aromatic carbocycles. The van der Waals surface area contributed by atoms with Gasteiger partial charge in [0.1, 0.15) is 5.75 Å². The average molecular weight is 337 g/mol. The van der Waals surface area contributed by atoms with Gasteiger partial charge < -0.3 is 14.1 Å². The summed E-state index contributed by atoms with van der Waals surface area (Å²) in [4.78, 5) is 17.8. The molecule has 2 aromatic heterocycles. The van der Waals surface area contributed by atoms with E-state index in [0.29, 0.717) is 36.0 Å². The van der Waals surface area contributed by atoms with Crippen LogP contribution in [0, 0.1) is 5.92 Å². The van der Waals surface area contributed by atoms with Crippen molar-refractivity contribution in [2.45, 2.75) is 0 Å². The smallest absolute Gasteiger partial charge is 0.289 e. The molecule has 5 nitrogen and oxygen atoms in total. The van der Waals surface area contributed by atoms with Crippen LogP contribution in [0.25, 0.3) is 0 Å². The van der Waals surface area contributed by atoms with E-state index < -0.39 is 0 Å². The second kappa shape index (κ2) is 5.66. The fraction of sp³-hybridized carbons (Fsp3) is 0.286. The molecule has 20 heavy (non-hydrogen) atoms. The predicted molar refractivity (Wildman–Crippen MR) is 75.5 cm³/mol. The molecule has 104 valence electrons. The molecule has 0 saturated carbocycles. The molecule has 1 saturated heterocycles. The van der Waals surface area contributed by atoms with Crippen LogP contribution in [0.2, 0.25) is 0 Å². The third-order valence-corrected chi connectivity index (χ3v) is 3.57. The molecule has 0 unspecified atom stereocenters. The Morgan fingerprint density at radius 1 is 1.45 bits per heavy atom. The molecule has 0 radical (unpaired) electrons. The number of amides is 1. The monoisotopic (exact) mass is 336 g/mol. The van der Waals surface area contributed by atoms with Crippen molar-refractivity contribution in [1.29, 1.82) is 0 Å². The van der Waals surface area contributed by atoms with Crippen molar-refractivity contribution in [2.24, 2.45) is 5.92 Å². The fourth-order valence-corrected chi connectivity index (χ4v) is 2.38. The Morgan fingerprint density at radius 2 is 2.30 bits per heavy atom. The maximum Gasteiger partial charge on any atom is 0.289 e. The zero-order valence-corrected chi connectivity index (χ0v) is 12.2. The molecule has 3 heterocycles. The van der Waals surface area contributed by atoms with E-state index in [9.17, 15) is 4.79 Å². The van der Waals surface area contributed by atoms with E-state index in [1.165, 1.54) is 0 Å². The van der Waals surface area contributed by atoms with E-state index >= 15 is 0 Å². The number of halogens is 1. The first-order valence-corrected chi connectivity index (χ1v) is 7.09. The van der Waals surface area contributed by atoms with Crippen LogP contribution in [-0.2, 0) is 0 Å². The number of carbonyl (C=O) groups is 1. The number of hydrogen-bond donors (Lipinski definition) is 0. The summed E-state index contributed by atoms with van der Waals surface area (Å²) in [5, 5.41) is 0. The van der Waals surface area contributed by atoms with Crippen LogP contribution in [0.15, 0.2) is 45.7 Å². The number of ether oxygens (including phenoxy) is 1. The highest BCUT2D eigenvalue weighted by Crippen LogP contribution is 2.22. The summed E-state index contributed by atoms with van der Waals surface area (Å²) in [6.07, 6.45) is 3.39. The molecular weight excluding hydrogens is 324 g/mol. The zero-order chi connectivity index (χ0) is 13.9. The predicted octanol–water partition coefficient (Wildman–Crippen LogP) is 2.59. The molecule has 2 aromatic rings. The standard InChI is InChI=1S/C14H13BrN2O3/c15-13-4-3-12(20-13)14(18)17-7-10(8-17)9-19-11-2-1-5-16-6-11/h1-6,10H,7-9H2. The van der Waals surface area contributed by atoms with E-state index in [2.05, 4.69) is 20.9 Å². The second-order valence-corrected chi connectivity index (χ2v) is 5.46. The number of nitrogens with zero attached hydrogens (tertiary/aromatic N) is 2. The summed E-state index contributed by atoms with van der Waals surface area (Å²) >= 11 is 3.19. The van der Waals surface area contributed by atoms with Crippen molar-refractivity contribution in [3.8, 4) is 5.75 Å². The summed E-state index contributed by atoms with van der Waals surface area (Å²) in [7, 11) is 0. The Labute approximate surface area is 124 Å². The third-order valence-electron chi connectivity index (χ3n) is 3.15. The molecule has 0 spiro atoms. The van der Waals surface area contributed by atoms with Gasteiger partial charge in [-0.05, 0) is 40.2 Å². The van der Waals surface area contributed by atoms with Crippen LogP contribution in [0.1, 0.15) is 10.6 Å². The summed E-state index contributed by atoms with van der Waals surface area (Å²) in [5.41, 5.74) is 0. The van der Waals surface area contributed by atoms with E-state index in [-0.39, 0.29) is 5.91 Å². The molecule has 0 N–H and O–H groups in total. The van der Waals surface area contributed by atoms with Gasteiger partial charge in [0.15, 0.2) is 10.4 Å². The number of furan rings is 1. The van der Waals surface area contributed by atoms with Gasteiger partial charge in [0, 0.05) is 25.2 Å². The minimum absolute atomic E-state index is 0.0756. The lowest BCUT2D eigenvalue weighted by molar-refractivity contribution is 0.0363. The lowest BCUT2D eigenvalue weighted by atomic mass is 10.0. The van der Waals surface area contributed by atoms with Crippen LogP contribution in [0.5, 0.6) is 5.75 Å². The lowest BCUT2D eigenvalue weighted by Crippen LogP contribution is -2.52. The maximum absolute atomic E-state index is 12.0. The summed E-state index contributed by atoms with van der Waals surface area (Å²) < 4.78 is 11.4. The van der Waals surface area contributed by atoms with E-state index in [0.717, 1.165) is 5.75 Å². The van der Waals surface area contributed by atoms with Crippen LogP contribution < -0.4 is 4.74 Å². The van der Waals surface area contributed by atoms with Crippen molar-refractivity contribution in [3.05, 3.63) is 47.1 Å². The fourth-order valence-electron chi connectivity index (χ4n) is 2.07. The van der Waals surface area contributed by atoms with Gasteiger partial charge in [-0.15, -0.1) is 0 Å². The first kappa shape index (κ1) is 13.2. The molecule has 1 aliphatic heterocycles. The van der Waals surface area contributed by atoms with Gasteiger partial charge in [-0.2, -0.15) is 0 Å². The first-order chi connectivity index (χ1) is 9.72. The molecule has 6 heteroatoms. The van der Waals surface area contributed by atoms with Gasteiger partial charge >= 0.3 is 0 Å². The van der Waals surface area contributed by atoms with Crippen molar-refractivity contribution < 1.29 is 13.9 Å². The Balaban J connectivity index is 1.46. The Kier molecular flexibility index (Phi) is 3.73. The molecular formula is C14H13BrN2O3. The number of pyridine rings is 1. The largest absolute Gasteiger partial charge is 0.492 e. The highest BCUT2D eigenvalue weighted by Gasteiger charge is 2.33. The van der Waals surface area contributed by atoms with Gasteiger partial charge in [-0.25, -0.2) is 0 Å². The van der Waals surface area contributed by atoms with Gasteiger partial charge in [0.25, 0.3) is 5.91 Å². The second-order valence-electron chi connectivity index (χ2n) is 4.68. The highest BCUT2D eigenvalue weighted by molar-refractivity contribution is 9.10. The van der Waals surface area contributed by atoms with E-state index in [1.54, 1.807) is 29.4 Å². The first-order valence-electron chi connectivity index (χ1n) is 6.30. The van der Waals surface area contributed by atoms with E-state index in [1.807, 2.05) is 12.1 Å². The van der Waals surface area contributed by atoms with Crippen LogP contribution in [-0.4, -0.2) is 35.5 Å². The Bertz CT molecular complexity index is 593. The van der Waals surface area contributed by atoms with Crippen LogP contribution >= 0.6 is 15.9 Å². The Hall–Kier alpha value is -1.82. The van der Waals surface area contributed by atoms with Gasteiger partial charge in [0.05, 0.1) is 12.8 Å². The number of rotatable bonds is 4. The maximum atomic E-state index is 12.0. The van der Waals surface area contributed by atoms with Gasteiger partial charge in [-0.1, -0.05) is 0 Å². The van der Waals surface area contributed by atoms with Crippen LogP contribution in [0.3, 0.4) is 0 Å². The molecule has 3 rings (SSSR count). The van der Waals surface area contributed by atoms with Crippen molar-refractivity contribution >= 4 is 21.8 Å². The molecule has 0 bridgehead atoms. The topological polar surface area (TPSA) is 55.6 Å². The normalized spacial score (nSPS) is 14.9. The lowest BCUT2D eigenvalue weighted by Gasteiger charge is -2.38. The summed E-state index contributed by atoms with van der Waals surface area (Å²) in [6.45, 7) is 1.98. The number of carbonyl (C=O) groups excluding carboxylic acids is 1. The van der Waals surface area contributed by atoms with Gasteiger partial charge in [-0.3, -0.25) is 9.78 Å². The van der Waals surface area contributed by atoms with Crippen molar-refractivity contribution in [3.63, 3.8) is 0 Å². The molecule has 1 amide bonds. The third kappa shape index (κ3) is 2.85. The number of likely N-dealkylation sites (tertiary alicyclic amines) is 1. The molecule has 1 fully saturated rings. The number of hydrogen-bond acceptors (Lipinski definition) is 4. The molecule has 0 atom stereocenters. The molecule has 0 aliphatic carbocycles. The minimum atomic E-state index is -0.0756. The quantitative estimate of drug-likeness (QED) is 0.861. The average Bonchev–Trinajstić information content (AvgIpc) is 2.84. The van der Waals surface area contributed by atoms with E-state index in [4.69, 9.17) is 9.15 Å². The summed E-state index contributed by atoms with van der Waals surface area (Å²) in [6, 6.07) is 7.09. The molecule has 1 aliphatic rings. The SMILES string of the molecule is O=C(c1ccc(Br)o1)N1CC(COc2cccnc2)C1. The Morgan fingerprint density at radius 3 is 2.95 bits per heavy atom. The zero-order valence-electron chi connectivity index (χ0n) is 10.7. The summed E-state index contributed by atoms with van der Waals surface area (Å²) in [5.74, 6) is 1.40.